The highest BCUT2D eigenvalue weighted by Gasteiger charge is 2.21. The first-order chi connectivity index (χ1) is 12.0. The second-order valence-electron chi connectivity index (χ2n) is 5.85. The minimum atomic E-state index is -0.641. The number of anilines is 1. The minimum absolute atomic E-state index is 0.234. The Morgan fingerprint density at radius 2 is 1.96 bits per heavy atom. The van der Waals surface area contributed by atoms with Gasteiger partial charge in [0.15, 0.2) is 6.61 Å². The SMILES string of the molecule is O=C(COC(=O)c1ccc(Cl)c(Cl)c1)Nc1ccnn1C1CCCC1. The van der Waals surface area contributed by atoms with Gasteiger partial charge in [0.2, 0.25) is 0 Å². The molecule has 0 radical (unpaired) electrons. The van der Waals surface area contributed by atoms with Gasteiger partial charge in [-0.05, 0) is 31.0 Å². The van der Waals surface area contributed by atoms with Gasteiger partial charge >= 0.3 is 5.97 Å². The largest absolute Gasteiger partial charge is 0.452 e. The molecule has 1 aliphatic rings. The Bertz CT molecular complexity index is 785. The molecule has 0 spiro atoms. The average Bonchev–Trinajstić information content (AvgIpc) is 3.26. The summed E-state index contributed by atoms with van der Waals surface area (Å²) in [6.07, 6.45) is 6.09. The summed E-state index contributed by atoms with van der Waals surface area (Å²) in [5, 5.41) is 7.61. The Hall–Kier alpha value is -2.05. The monoisotopic (exact) mass is 381 g/mol. The highest BCUT2D eigenvalue weighted by Crippen LogP contribution is 2.31. The summed E-state index contributed by atoms with van der Waals surface area (Å²) in [5.74, 6) is -0.450. The molecule has 1 aromatic carbocycles. The predicted octanol–water partition coefficient (Wildman–Crippen LogP) is 4.10. The number of hydrogen-bond donors (Lipinski definition) is 1. The lowest BCUT2D eigenvalue weighted by Crippen LogP contribution is -2.23. The Morgan fingerprint density at radius 1 is 1.20 bits per heavy atom. The van der Waals surface area contributed by atoms with Crippen molar-refractivity contribution in [3.63, 3.8) is 0 Å². The molecule has 0 bridgehead atoms. The average molecular weight is 382 g/mol. The molecule has 132 valence electrons. The summed E-state index contributed by atoms with van der Waals surface area (Å²) in [5.41, 5.74) is 0.234. The number of esters is 1. The molecule has 3 rings (SSSR count). The Kier molecular flexibility index (Phi) is 5.60. The number of nitrogens with one attached hydrogen (secondary N) is 1. The molecule has 25 heavy (non-hydrogen) atoms. The molecule has 1 fully saturated rings. The topological polar surface area (TPSA) is 73.2 Å². The van der Waals surface area contributed by atoms with Gasteiger partial charge in [-0.3, -0.25) is 4.79 Å². The number of aromatic nitrogens is 2. The van der Waals surface area contributed by atoms with E-state index >= 15 is 0 Å². The molecule has 6 nitrogen and oxygen atoms in total. The molecular weight excluding hydrogens is 365 g/mol. The third-order valence-electron chi connectivity index (χ3n) is 4.10. The number of benzene rings is 1. The van der Waals surface area contributed by atoms with E-state index in [1.165, 1.54) is 31.0 Å². The van der Waals surface area contributed by atoms with Crippen LogP contribution in [0.15, 0.2) is 30.5 Å². The fraction of sp³-hybridized carbons (Fsp3) is 0.353. The summed E-state index contributed by atoms with van der Waals surface area (Å²) in [4.78, 5) is 24.0. The number of amides is 1. The molecule has 1 aromatic heterocycles. The molecule has 2 aromatic rings. The molecule has 1 amide bonds. The molecule has 8 heteroatoms. The van der Waals surface area contributed by atoms with Gasteiger partial charge in [-0.2, -0.15) is 5.10 Å². The molecule has 0 unspecified atom stereocenters. The summed E-state index contributed by atoms with van der Waals surface area (Å²) >= 11 is 11.7. The zero-order chi connectivity index (χ0) is 17.8. The smallest absolute Gasteiger partial charge is 0.338 e. The predicted molar refractivity (Wildman–Crippen MR) is 95.1 cm³/mol. The minimum Gasteiger partial charge on any atom is -0.452 e. The van der Waals surface area contributed by atoms with Gasteiger partial charge in [-0.15, -0.1) is 0 Å². The quantitative estimate of drug-likeness (QED) is 0.791. The van der Waals surface area contributed by atoms with Crippen molar-refractivity contribution in [1.82, 2.24) is 9.78 Å². The maximum Gasteiger partial charge on any atom is 0.338 e. The lowest BCUT2D eigenvalue weighted by molar-refractivity contribution is -0.119. The summed E-state index contributed by atoms with van der Waals surface area (Å²) in [7, 11) is 0. The van der Waals surface area contributed by atoms with Crippen molar-refractivity contribution >= 4 is 40.9 Å². The zero-order valence-corrected chi connectivity index (χ0v) is 14.9. The first kappa shape index (κ1) is 17.8. The number of carbonyl (C=O) groups is 2. The number of hydrogen-bond acceptors (Lipinski definition) is 4. The standard InChI is InChI=1S/C17H17Cl2N3O3/c18-13-6-5-11(9-14(13)19)17(24)25-10-16(23)21-15-7-8-20-22(15)12-3-1-2-4-12/h5-9,12H,1-4,10H2,(H,21,23). The van der Waals surface area contributed by atoms with Crippen LogP contribution < -0.4 is 5.32 Å². The van der Waals surface area contributed by atoms with Crippen LogP contribution in [0.2, 0.25) is 10.0 Å². The van der Waals surface area contributed by atoms with Crippen LogP contribution in [0.5, 0.6) is 0 Å². The third kappa shape index (κ3) is 4.32. The van der Waals surface area contributed by atoms with Crippen molar-refractivity contribution in [3.05, 3.63) is 46.1 Å². The molecule has 1 N–H and O–H groups in total. The van der Waals surface area contributed by atoms with E-state index in [1.807, 2.05) is 4.68 Å². The van der Waals surface area contributed by atoms with Crippen LogP contribution in [0.25, 0.3) is 0 Å². The van der Waals surface area contributed by atoms with Crippen LogP contribution in [0.4, 0.5) is 5.82 Å². The van der Waals surface area contributed by atoms with Crippen molar-refractivity contribution in [2.24, 2.45) is 0 Å². The summed E-state index contributed by atoms with van der Waals surface area (Å²) in [6.45, 7) is -0.394. The fourth-order valence-corrected chi connectivity index (χ4v) is 3.17. The normalized spacial score (nSPS) is 14.5. The van der Waals surface area contributed by atoms with Crippen LogP contribution in [0, 0.1) is 0 Å². The van der Waals surface area contributed by atoms with E-state index in [0.29, 0.717) is 16.9 Å². The van der Waals surface area contributed by atoms with Gasteiger partial charge in [0, 0.05) is 6.07 Å². The highest BCUT2D eigenvalue weighted by molar-refractivity contribution is 6.42. The van der Waals surface area contributed by atoms with E-state index < -0.39 is 18.5 Å². The van der Waals surface area contributed by atoms with Crippen LogP contribution in [-0.4, -0.2) is 28.3 Å². The molecule has 1 heterocycles. The van der Waals surface area contributed by atoms with E-state index in [4.69, 9.17) is 27.9 Å². The maximum absolute atomic E-state index is 12.1. The van der Waals surface area contributed by atoms with E-state index in [9.17, 15) is 9.59 Å². The Balaban J connectivity index is 1.55. The lowest BCUT2D eigenvalue weighted by Gasteiger charge is -2.14. The van der Waals surface area contributed by atoms with Gasteiger partial charge in [-0.1, -0.05) is 36.0 Å². The van der Waals surface area contributed by atoms with Gasteiger partial charge in [0.05, 0.1) is 27.8 Å². The van der Waals surface area contributed by atoms with Gasteiger partial charge in [-0.25, -0.2) is 9.48 Å². The number of nitrogens with zero attached hydrogens (tertiary/aromatic N) is 2. The zero-order valence-electron chi connectivity index (χ0n) is 13.4. The fourth-order valence-electron chi connectivity index (χ4n) is 2.87. The number of halogens is 2. The molecular formula is C17H17Cl2N3O3. The second-order valence-corrected chi connectivity index (χ2v) is 6.67. The third-order valence-corrected chi connectivity index (χ3v) is 4.84. The van der Waals surface area contributed by atoms with Crippen LogP contribution in [-0.2, 0) is 9.53 Å². The molecule has 1 aliphatic carbocycles. The van der Waals surface area contributed by atoms with Crippen molar-refractivity contribution in [3.8, 4) is 0 Å². The van der Waals surface area contributed by atoms with E-state index in [2.05, 4.69) is 10.4 Å². The second kappa shape index (κ2) is 7.89. The van der Waals surface area contributed by atoms with E-state index in [0.717, 1.165) is 12.8 Å². The highest BCUT2D eigenvalue weighted by atomic mass is 35.5. The summed E-state index contributed by atoms with van der Waals surface area (Å²) in [6, 6.07) is 6.43. The van der Waals surface area contributed by atoms with Crippen molar-refractivity contribution in [2.45, 2.75) is 31.7 Å². The van der Waals surface area contributed by atoms with Gasteiger partial charge in [0.25, 0.3) is 5.91 Å². The van der Waals surface area contributed by atoms with Crippen LogP contribution in [0.3, 0.4) is 0 Å². The van der Waals surface area contributed by atoms with Crippen LogP contribution >= 0.6 is 23.2 Å². The van der Waals surface area contributed by atoms with Crippen molar-refractivity contribution < 1.29 is 14.3 Å². The number of rotatable bonds is 5. The van der Waals surface area contributed by atoms with Crippen molar-refractivity contribution in [1.29, 1.82) is 0 Å². The first-order valence-electron chi connectivity index (χ1n) is 8.00. The number of carbonyl (C=O) groups excluding carboxylic acids is 2. The first-order valence-corrected chi connectivity index (χ1v) is 8.76. The Morgan fingerprint density at radius 3 is 2.68 bits per heavy atom. The molecule has 0 aliphatic heterocycles. The van der Waals surface area contributed by atoms with Crippen molar-refractivity contribution in [2.75, 3.05) is 11.9 Å². The van der Waals surface area contributed by atoms with E-state index in [1.54, 1.807) is 12.3 Å². The number of ether oxygens (including phenoxy) is 1. The van der Waals surface area contributed by atoms with Gasteiger partial charge in [0.1, 0.15) is 5.82 Å². The van der Waals surface area contributed by atoms with Gasteiger partial charge < -0.3 is 10.1 Å². The molecule has 1 saturated carbocycles. The van der Waals surface area contributed by atoms with Crippen LogP contribution in [0.1, 0.15) is 42.1 Å². The summed E-state index contributed by atoms with van der Waals surface area (Å²) < 4.78 is 6.84. The maximum atomic E-state index is 12.1. The molecule has 0 atom stereocenters. The van der Waals surface area contributed by atoms with E-state index in [-0.39, 0.29) is 10.6 Å². The lowest BCUT2D eigenvalue weighted by atomic mass is 10.2. The molecule has 0 saturated heterocycles. The Labute approximate surface area is 155 Å².